The molecular weight excluding hydrogens is 493 g/mol. The lowest BCUT2D eigenvalue weighted by Crippen LogP contribution is -2.52. The van der Waals surface area contributed by atoms with E-state index in [4.69, 9.17) is 9.47 Å². The number of pyridine rings is 1. The number of hydrogen-bond donors (Lipinski definition) is 1. The monoisotopic (exact) mass is 525 g/mol. The number of aryl methyl sites for hydroxylation is 1. The lowest BCUT2D eigenvalue weighted by atomic mass is 10.1. The van der Waals surface area contributed by atoms with Crippen molar-refractivity contribution in [1.82, 2.24) is 15.2 Å². The number of nitrogens with one attached hydrogen (secondary N) is 1. The van der Waals surface area contributed by atoms with Gasteiger partial charge in [0, 0.05) is 50.6 Å². The predicted octanol–water partition coefficient (Wildman–Crippen LogP) is 3.23. The fraction of sp³-hybridized carbons (Fsp3) is 0.455. The summed E-state index contributed by atoms with van der Waals surface area (Å²) in [5.74, 6) is 2.71. The first-order valence-electron chi connectivity index (χ1n) is 9.91. The number of guanidine groups is 1. The van der Waals surface area contributed by atoms with Crippen molar-refractivity contribution < 1.29 is 9.47 Å². The Kier molecular flexibility index (Phi) is 9.01. The second-order valence-corrected chi connectivity index (χ2v) is 7.09. The number of para-hydroxylation sites is 2. The number of halogens is 1. The van der Waals surface area contributed by atoms with Crippen LogP contribution < -0.4 is 19.7 Å². The highest BCUT2D eigenvalue weighted by molar-refractivity contribution is 14.0. The van der Waals surface area contributed by atoms with Gasteiger partial charge >= 0.3 is 0 Å². The van der Waals surface area contributed by atoms with Gasteiger partial charge in [-0.15, -0.1) is 24.0 Å². The number of ether oxygens (including phenoxy) is 2. The van der Waals surface area contributed by atoms with Gasteiger partial charge in [-0.25, -0.2) is 0 Å². The number of rotatable bonds is 5. The molecule has 30 heavy (non-hydrogen) atoms. The summed E-state index contributed by atoms with van der Waals surface area (Å²) in [5, 5.41) is 3.46. The zero-order valence-corrected chi connectivity index (χ0v) is 20.8. The highest BCUT2D eigenvalue weighted by Crippen LogP contribution is 2.28. The second-order valence-electron chi connectivity index (χ2n) is 7.09. The summed E-state index contributed by atoms with van der Waals surface area (Å²) in [7, 11) is 5.24. The highest BCUT2D eigenvalue weighted by Gasteiger charge is 2.22. The normalized spacial score (nSPS) is 14.2. The molecule has 0 spiro atoms. The summed E-state index contributed by atoms with van der Waals surface area (Å²) in [6, 6.07) is 8.17. The van der Waals surface area contributed by atoms with Gasteiger partial charge in [0.2, 0.25) is 0 Å². The lowest BCUT2D eigenvalue weighted by Gasteiger charge is -2.38. The molecule has 0 radical (unpaired) electrons. The van der Waals surface area contributed by atoms with Crippen LogP contribution in [-0.4, -0.2) is 63.3 Å². The van der Waals surface area contributed by atoms with Gasteiger partial charge in [0.05, 0.1) is 32.1 Å². The average molecular weight is 525 g/mol. The van der Waals surface area contributed by atoms with Gasteiger partial charge in [-0.3, -0.25) is 9.98 Å². The zero-order chi connectivity index (χ0) is 20.8. The molecule has 0 bridgehead atoms. The molecule has 8 heteroatoms. The summed E-state index contributed by atoms with van der Waals surface area (Å²) in [6.07, 6.45) is 1.86. The fourth-order valence-electron chi connectivity index (χ4n) is 3.79. The lowest BCUT2D eigenvalue weighted by molar-refractivity contribution is 0.366. The summed E-state index contributed by atoms with van der Waals surface area (Å²) >= 11 is 0. The topological polar surface area (TPSA) is 62.2 Å². The first-order chi connectivity index (χ1) is 14.1. The number of hydrogen-bond acceptors (Lipinski definition) is 5. The minimum Gasteiger partial charge on any atom is -0.496 e. The minimum atomic E-state index is 0. The number of aliphatic imine (C=N–C) groups is 1. The molecule has 1 aromatic carbocycles. The van der Waals surface area contributed by atoms with Crippen molar-refractivity contribution in [3.05, 3.63) is 47.3 Å². The van der Waals surface area contributed by atoms with Crippen molar-refractivity contribution in [2.24, 2.45) is 4.99 Å². The molecule has 1 fully saturated rings. The molecule has 3 rings (SSSR count). The van der Waals surface area contributed by atoms with Crippen LogP contribution in [0.1, 0.15) is 16.8 Å². The number of benzene rings is 1. The van der Waals surface area contributed by atoms with E-state index in [1.54, 1.807) is 14.2 Å². The van der Waals surface area contributed by atoms with Gasteiger partial charge in [-0.05, 0) is 26.0 Å². The molecule has 1 saturated heterocycles. The van der Waals surface area contributed by atoms with Crippen molar-refractivity contribution in [2.45, 2.75) is 20.4 Å². The van der Waals surface area contributed by atoms with Gasteiger partial charge in [-0.1, -0.05) is 12.1 Å². The second kappa shape index (κ2) is 11.2. The number of anilines is 1. The molecule has 1 aliphatic heterocycles. The van der Waals surface area contributed by atoms with Gasteiger partial charge in [0.25, 0.3) is 0 Å². The van der Waals surface area contributed by atoms with Crippen LogP contribution in [0.4, 0.5) is 5.69 Å². The summed E-state index contributed by atoms with van der Waals surface area (Å²) < 4.78 is 11.0. The summed E-state index contributed by atoms with van der Waals surface area (Å²) in [5.41, 5.74) is 4.23. The van der Waals surface area contributed by atoms with Crippen LogP contribution in [0.25, 0.3) is 0 Å². The summed E-state index contributed by atoms with van der Waals surface area (Å²) in [6.45, 7) is 8.28. The van der Waals surface area contributed by atoms with Crippen LogP contribution in [0.15, 0.2) is 35.5 Å². The van der Waals surface area contributed by atoms with Crippen molar-refractivity contribution >= 4 is 35.6 Å². The number of aromatic nitrogens is 1. The van der Waals surface area contributed by atoms with Crippen LogP contribution >= 0.6 is 24.0 Å². The van der Waals surface area contributed by atoms with E-state index in [9.17, 15) is 0 Å². The van der Waals surface area contributed by atoms with Crippen molar-refractivity contribution in [3.8, 4) is 11.5 Å². The van der Waals surface area contributed by atoms with Crippen LogP contribution in [0, 0.1) is 13.8 Å². The predicted molar refractivity (Wildman–Crippen MR) is 133 cm³/mol. The molecule has 0 atom stereocenters. The van der Waals surface area contributed by atoms with E-state index in [1.807, 2.05) is 39.2 Å². The van der Waals surface area contributed by atoms with E-state index < -0.39 is 0 Å². The quantitative estimate of drug-likeness (QED) is 0.368. The average Bonchev–Trinajstić information content (AvgIpc) is 2.76. The first-order valence-corrected chi connectivity index (χ1v) is 9.91. The Morgan fingerprint density at radius 1 is 1.10 bits per heavy atom. The first kappa shape index (κ1) is 24.0. The third-order valence-corrected chi connectivity index (χ3v) is 5.38. The Labute approximate surface area is 196 Å². The van der Waals surface area contributed by atoms with E-state index in [0.717, 1.165) is 66.1 Å². The van der Waals surface area contributed by atoms with E-state index in [2.05, 4.69) is 37.2 Å². The van der Waals surface area contributed by atoms with Gasteiger partial charge in [0.1, 0.15) is 11.5 Å². The smallest absolute Gasteiger partial charge is 0.194 e. The third kappa shape index (κ3) is 5.27. The molecule has 1 aromatic heterocycles. The molecule has 7 nitrogen and oxygen atoms in total. The van der Waals surface area contributed by atoms with E-state index in [-0.39, 0.29) is 24.0 Å². The fourth-order valence-corrected chi connectivity index (χ4v) is 3.79. The third-order valence-electron chi connectivity index (χ3n) is 5.38. The molecule has 1 aliphatic rings. The number of nitrogens with zero attached hydrogens (tertiary/aromatic N) is 4. The Bertz CT molecular complexity index is 867. The Balaban J connectivity index is 0.00000320. The van der Waals surface area contributed by atoms with Gasteiger partial charge < -0.3 is 24.6 Å². The molecule has 0 unspecified atom stereocenters. The van der Waals surface area contributed by atoms with Gasteiger partial charge in [0.15, 0.2) is 5.96 Å². The summed E-state index contributed by atoms with van der Waals surface area (Å²) in [4.78, 5) is 13.7. The van der Waals surface area contributed by atoms with Gasteiger partial charge in [-0.2, -0.15) is 0 Å². The maximum Gasteiger partial charge on any atom is 0.194 e. The number of piperazine rings is 1. The molecule has 0 aliphatic carbocycles. The van der Waals surface area contributed by atoms with Crippen molar-refractivity contribution in [1.29, 1.82) is 0 Å². The zero-order valence-electron chi connectivity index (χ0n) is 18.4. The van der Waals surface area contributed by atoms with Crippen molar-refractivity contribution in [3.63, 3.8) is 0 Å². The van der Waals surface area contributed by atoms with Crippen LogP contribution in [-0.2, 0) is 6.54 Å². The molecule has 1 N–H and O–H groups in total. The van der Waals surface area contributed by atoms with Crippen LogP contribution in [0.5, 0.6) is 11.5 Å². The molecule has 0 saturated carbocycles. The Hall–Kier alpha value is -2.23. The van der Waals surface area contributed by atoms with Crippen LogP contribution in [0.3, 0.4) is 0 Å². The Morgan fingerprint density at radius 3 is 2.43 bits per heavy atom. The van der Waals surface area contributed by atoms with Crippen LogP contribution in [0.2, 0.25) is 0 Å². The highest BCUT2D eigenvalue weighted by atomic mass is 127. The standard InChI is InChI=1S/C22H31N5O2.HI/c1-16-14-24-18(17(2)21(16)29-5)15-25-22(23-3)27-12-10-26(11-13-27)19-8-6-7-9-20(19)28-4;/h6-9,14H,10-13,15H2,1-5H3,(H,23,25);1H. The molecule has 0 amide bonds. The van der Waals surface area contributed by atoms with E-state index in [0.29, 0.717) is 6.54 Å². The maximum atomic E-state index is 5.51. The SMILES string of the molecule is CN=C(NCc1ncc(C)c(OC)c1C)N1CCN(c2ccccc2OC)CC1.I. The Morgan fingerprint density at radius 2 is 1.80 bits per heavy atom. The molecule has 2 heterocycles. The maximum absolute atomic E-state index is 5.51. The van der Waals surface area contributed by atoms with E-state index in [1.165, 1.54) is 0 Å². The van der Waals surface area contributed by atoms with E-state index >= 15 is 0 Å². The molecule has 164 valence electrons. The minimum absolute atomic E-state index is 0. The molecular formula is C22H32IN5O2. The van der Waals surface area contributed by atoms with Crippen molar-refractivity contribution in [2.75, 3.05) is 52.3 Å². The number of methoxy groups -OCH3 is 2. The largest absolute Gasteiger partial charge is 0.496 e. The molecule has 2 aromatic rings.